The minimum absolute atomic E-state index is 0.0549. The van der Waals surface area contributed by atoms with Crippen molar-refractivity contribution in [1.82, 2.24) is 45.7 Å². The molecule has 3 aliphatic heterocycles. The van der Waals surface area contributed by atoms with E-state index in [1.54, 1.807) is 0 Å². The van der Waals surface area contributed by atoms with Gasteiger partial charge < -0.3 is 45.2 Å². The van der Waals surface area contributed by atoms with E-state index in [0.29, 0.717) is 38.1 Å². The Hall–Kier alpha value is -4.92. The van der Waals surface area contributed by atoms with Crippen molar-refractivity contribution in [3.63, 3.8) is 0 Å². The number of carbonyl (C=O) groups excluding carboxylic acids is 4. The summed E-state index contributed by atoms with van der Waals surface area (Å²) in [5, 5.41) is 8.73. The summed E-state index contributed by atoms with van der Waals surface area (Å²) in [6.07, 6.45) is 12.4. The molecule has 4 atom stereocenters. The van der Waals surface area contributed by atoms with Gasteiger partial charge in [0, 0.05) is 50.2 Å². The van der Waals surface area contributed by atoms with Crippen LogP contribution in [0.4, 0.5) is 9.59 Å². The van der Waals surface area contributed by atoms with Gasteiger partial charge in [0.1, 0.15) is 23.7 Å². The van der Waals surface area contributed by atoms with E-state index < -0.39 is 18.2 Å². The topological polar surface area (TPSA) is 187 Å². The Morgan fingerprint density at radius 2 is 1.29 bits per heavy atom. The Morgan fingerprint density at radius 1 is 0.729 bits per heavy atom. The first kappa shape index (κ1) is 42.2. The van der Waals surface area contributed by atoms with Crippen LogP contribution in [0.25, 0.3) is 11.3 Å². The van der Waals surface area contributed by atoms with Gasteiger partial charge in [-0.3, -0.25) is 9.59 Å². The Bertz CT molecular complexity index is 1900. The van der Waals surface area contributed by atoms with Gasteiger partial charge in [-0.1, -0.05) is 52.0 Å². The highest BCUT2D eigenvalue weighted by molar-refractivity contribution is 5.88. The van der Waals surface area contributed by atoms with E-state index >= 15 is 0 Å². The molecule has 2 aromatic heterocycles. The molecule has 59 heavy (non-hydrogen) atoms. The summed E-state index contributed by atoms with van der Waals surface area (Å²) in [4.78, 5) is 72.8. The Balaban J connectivity index is 0.922. The largest absolute Gasteiger partial charge is 0.453 e. The number of rotatable bonds is 12. The van der Waals surface area contributed by atoms with Gasteiger partial charge in [0.25, 0.3) is 0 Å². The van der Waals surface area contributed by atoms with E-state index in [-0.39, 0.29) is 47.8 Å². The molecule has 1 aromatic carbocycles. The third-order valence-corrected chi connectivity index (χ3v) is 12.9. The quantitative estimate of drug-likeness (QED) is 0.138. The highest BCUT2D eigenvalue weighted by Gasteiger charge is 2.39. The van der Waals surface area contributed by atoms with Crippen molar-refractivity contribution >= 4 is 23.9 Å². The molecular formula is C44H63N9O6. The molecule has 5 heterocycles. The lowest BCUT2D eigenvalue weighted by Gasteiger charge is -2.31. The summed E-state index contributed by atoms with van der Waals surface area (Å²) in [5.74, 6) is 2.11. The van der Waals surface area contributed by atoms with E-state index in [0.717, 1.165) is 92.8 Å². The smallest absolute Gasteiger partial charge is 0.407 e. The second kappa shape index (κ2) is 19.0. The van der Waals surface area contributed by atoms with Gasteiger partial charge in [-0.15, -0.1) is 0 Å². The number of amides is 5. The first-order valence-corrected chi connectivity index (χ1v) is 21.8. The number of carbonyl (C=O) groups is 4. The van der Waals surface area contributed by atoms with Crippen molar-refractivity contribution in [1.29, 1.82) is 0 Å². The second-order valence-corrected chi connectivity index (χ2v) is 17.5. The number of benzene rings is 1. The summed E-state index contributed by atoms with van der Waals surface area (Å²) in [7, 11) is 1.30. The van der Waals surface area contributed by atoms with Crippen LogP contribution >= 0.6 is 0 Å². The average molecular weight is 814 g/mol. The molecule has 4 fully saturated rings. The predicted molar refractivity (Wildman–Crippen MR) is 222 cm³/mol. The van der Waals surface area contributed by atoms with Crippen LogP contribution in [0.1, 0.15) is 139 Å². The summed E-state index contributed by atoms with van der Waals surface area (Å²) in [6, 6.07) is 6.92. The number of nitrogens with zero attached hydrogens (tertiary/aromatic N) is 4. The maximum Gasteiger partial charge on any atom is 0.407 e. The first-order chi connectivity index (χ1) is 28.5. The van der Waals surface area contributed by atoms with Gasteiger partial charge in [0.05, 0.1) is 31.1 Å². The Morgan fingerprint density at radius 3 is 1.88 bits per heavy atom. The van der Waals surface area contributed by atoms with E-state index in [1.165, 1.54) is 12.7 Å². The summed E-state index contributed by atoms with van der Waals surface area (Å²) < 4.78 is 10.2. The summed E-state index contributed by atoms with van der Waals surface area (Å²) in [6.45, 7) is 10.3. The van der Waals surface area contributed by atoms with Crippen LogP contribution in [0, 0.1) is 11.8 Å². The van der Waals surface area contributed by atoms with E-state index in [2.05, 4.69) is 50.2 Å². The lowest BCUT2D eigenvalue weighted by Crippen LogP contribution is -2.55. The van der Waals surface area contributed by atoms with Crippen molar-refractivity contribution in [3.8, 4) is 11.3 Å². The first-order valence-electron chi connectivity index (χ1n) is 21.8. The van der Waals surface area contributed by atoms with Gasteiger partial charge in [-0.25, -0.2) is 19.6 Å². The number of nitrogens with one attached hydrogen (secondary N) is 5. The van der Waals surface area contributed by atoms with Crippen LogP contribution in [0.15, 0.2) is 36.7 Å². The van der Waals surface area contributed by atoms with Gasteiger partial charge in [-0.05, 0) is 93.1 Å². The minimum Gasteiger partial charge on any atom is -0.453 e. The van der Waals surface area contributed by atoms with Gasteiger partial charge in [0.15, 0.2) is 0 Å². The third-order valence-electron chi connectivity index (χ3n) is 12.9. The molecule has 3 saturated heterocycles. The fraction of sp³-hybridized carbons (Fsp3) is 0.636. The number of alkyl carbamates (subject to hydrolysis) is 1. The number of methoxy groups -OCH3 is 1. The maximum atomic E-state index is 13.9. The average Bonchev–Trinajstić information content (AvgIpc) is 4.09. The molecule has 7 rings (SSSR count). The molecule has 5 N–H and O–H groups in total. The number of hydrogen-bond donors (Lipinski definition) is 5. The molecule has 5 amide bonds. The molecule has 0 radical (unpaired) electrons. The maximum absolute atomic E-state index is 13.9. The Kier molecular flexibility index (Phi) is 13.6. The van der Waals surface area contributed by atoms with Crippen molar-refractivity contribution in [2.24, 2.45) is 11.8 Å². The Labute approximate surface area is 347 Å². The zero-order valence-corrected chi connectivity index (χ0v) is 35.3. The molecule has 15 nitrogen and oxygen atoms in total. The number of H-pyrrole nitrogens is 2. The minimum atomic E-state index is -0.673. The molecule has 1 saturated carbocycles. The number of imidazole rings is 2. The van der Waals surface area contributed by atoms with Gasteiger partial charge >= 0.3 is 12.1 Å². The highest BCUT2D eigenvalue weighted by Crippen LogP contribution is 2.41. The molecular weight excluding hydrogens is 751 g/mol. The number of aromatic amines is 2. The lowest BCUT2D eigenvalue weighted by molar-refractivity contribution is -0.136. The van der Waals surface area contributed by atoms with Crippen molar-refractivity contribution in [3.05, 3.63) is 59.6 Å². The number of likely N-dealkylation sites (tertiary alicyclic amines) is 2. The van der Waals surface area contributed by atoms with Crippen LogP contribution in [-0.4, -0.2) is 105 Å². The molecule has 1 aliphatic carbocycles. The van der Waals surface area contributed by atoms with Gasteiger partial charge in [0.2, 0.25) is 11.8 Å². The van der Waals surface area contributed by atoms with Crippen LogP contribution in [0.3, 0.4) is 0 Å². The molecule has 15 heteroatoms. The van der Waals surface area contributed by atoms with Crippen molar-refractivity contribution in [2.75, 3.05) is 33.4 Å². The van der Waals surface area contributed by atoms with Gasteiger partial charge in [-0.2, -0.15) is 0 Å². The zero-order chi connectivity index (χ0) is 41.6. The van der Waals surface area contributed by atoms with E-state index in [9.17, 15) is 19.2 Å². The van der Waals surface area contributed by atoms with Crippen LogP contribution in [0.5, 0.6) is 0 Å². The number of urea groups is 1. The molecule has 320 valence electrons. The van der Waals surface area contributed by atoms with E-state index in [4.69, 9.17) is 19.4 Å². The number of aromatic nitrogens is 4. The molecule has 4 aliphatic rings. The number of hydrogen-bond acceptors (Lipinski definition) is 8. The fourth-order valence-corrected chi connectivity index (χ4v) is 9.46. The van der Waals surface area contributed by atoms with Crippen LogP contribution in [-0.2, 0) is 19.1 Å². The summed E-state index contributed by atoms with van der Waals surface area (Å²) in [5.41, 5.74) is 4.42. The van der Waals surface area contributed by atoms with Crippen molar-refractivity contribution < 1.29 is 28.7 Å². The van der Waals surface area contributed by atoms with Crippen molar-refractivity contribution in [2.45, 2.75) is 134 Å². The van der Waals surface area contributed by atoms with Crippen LogP contribution < -0.4 is 16.0 Å². The molecule has 0 unspecified atom stereocenters. The second-order valence-electron chi connectivity index (χ2n) is 17.5. The zero-order valence-electron chi connectivity index (χ0n) is 35.3. The molecule has 0 spiro atoms. The predicted octanol–water partition coefficient (Wildman–Crippen LogP) is 6.45. The van der Waals surface area contributed by atoms with E-state index in [1.807, 2.05) is 49.9 Å². The highest BCUT2D eigenvalue weighted by atomic mass is 16.5. The lowest BCUT2D eigenvalue weighted by atomic mass is 9.77. The standard InChI is InChI=1S/C44H63N9O6/c1-26(2)37(50-43(56)47-32-18-22-59-23-19-32)41(54)52-20-6-8-35(52)39-45-24-33(48-39)30-14-10-28(11-15-30)29-12-16-31(17-13-29)34-25-46-40(49-34)36-9-7-21-53(36)42(55)38(27(3)4)51-44(57)58-5/h12-13,16-17,24-28,30,32,35-38H,6-11,14-15,18-23H2,1-5H3,(H,45,48)(H,46,49)(H,51,57)(H2,47,50,56)/t28?,30?,35-,36-,37+,38-/m0/s1. The third kappa shape index (κ3) is 9.77. The molecule has 3 aromatic rings. The molecule has 0 bridgehead atoms. The SMILES string of the molecule is COC(=O)N[C@H](C(=O)N1CCC[C@H]1c1ncc(-c2ccc(C3CCC(c4cnc([C@@H]5CCCN5C(=O)[C@H](NC(=O)NC5CCOCC5)C(C)C)[nH]4)CC3)cc2)[nH]1)C(C)C. The van der Waals surface area contributed by atoms with Crippen LogP contribution in [0.2, 0.25) is 0 Å². The number of ether oxygens (including phenoxy) is 2. The monoisotopic (exact) mass is 813 g/mol. The normalized spacial score (nSPS) is 23.6. The summed E-state index contributed by atoms with van der Waals surface area (Å²) >= 11 is 0. The fourth-order valence-electron chi connectivity index (χ4n) is 9.46.